The zero-order chi connectivity index (χ0) is 13.2. The lowest BCUT2D eigenvalue weighted by atomic mass is 9.92. The Labute approximate surface area is 113 Å². The molecule has 1 saturated heterocycles. The molecule has 2 unspecified atom stereocenters. The molecule has 100 valence electrons. The fourth-order valence-corrected chi connectivity index (χ4v) is 2.74. The first-order valence-electron chi connectivity index (χ1n) is 6.96. The number of fused-ring (bicyclic) bond motifs is 1. The van der Waals surface area contributed by atoms with E-state index < -0.39 is 0 Å². The number of benzene rings is 1. The van der Waals surface area contributed by atoms with Crippen LogP contribution < -0.4 is 10.6 Å². The summed E-state index contributed by atoms with van der Waals surface area (Å²) < 4.78 is 0. The van der Waals surface area contributed by atoms with Gasteiger partial charge in [-0.05, 0) is 31.7 Å². The van der Waals surface area contributed by atoms with Crippen molar-refractivity contribution < 1.29 is 0 Å². The Morgan fingerprint density at radius 2 is 2.21 bits per heavy atom. The van der Waals surface area contributed by atoms with E-state index in [0.717, 1.165) is 29.9 Å². The maximum absolute atomic E-state index is 6.03. The van der Waals surface area contributed by atoms with Gasteiger partial charge in [-0.25, -0.2) is 9.97 Å². The number of hydrogen-bond donors (Lipinski definition) is 1. The highest BCUT2D eigenvalue weighted by molar-refractivity contribution is 5.78. The minimum absolute atomic E-state index is 0.239. The molecule has 4 nitrogen and oxygen atoms in total. The average molecular weight is 256 g/mol. The minimum atomic E-state index is 0.239. The van der Waals surface area contributed by atoms with Crippen LogP contribution in [-0.2, 0) is 0 Å². The normalized spacial score (nSPS) is 21.6. The van der Waals surface area contributed by atoms with Gasteiger partial charge >= 0.3 is 0 Å². The Kier molecular flexibility index (Phi) is 3.34. The van der Waals surface area contributed by atoms with Gasteiger partial charge in [0.05, 0.1) is 5.52 Å². The molecule has 0 aliphatic carbocycles. The lowest BCUT2D eigenvalue weighted by molar-refractivity contribution is 0.362. The maximum Gasteiger partial charge on any atom is 0.225 e. The summed E-state index contributed by atoms with van der Waals surface area (Å²) in [6, 6.07) is 8.34. The van der Waals surface area contributed by atoms with E-state index in [1.165, 1.54) is 12.8 Å². The number of anilines is 1. The van der Waals surface area contributed by atoms with E-state index in [2.05, 4.69) is 21.8 Å². The Bertz CT molecular complexity index is 567. The Morgan fingerprint density at radius 1 is 1.37 bits per heavy atom. The molecule has 0 amide bonds. The molecule has 2 N–H and O–H groups in total. The van der Waals surface area contributed by atoms with Crippen LogP contribution >= 0.6 is 0 Å². The topological polar surface area (TPSA) is 55.0 Å². The molecular weight excluding hydrogens is 236 g/mol. The first-order chi connectivity index (χ1) is 9.24. The number of para-hydroxylation sites is 1. The maximum atomic E-state index is 6.03. The number of aromatic nitrogens is 2. The molecule has 2 aromatic rings. The smallest absolute Gasteiger partial charge is 0.225 e. The molecule has 1 aliphatic heterocycles. The van der Waals surface area contributed by atoms with Crippen molar-refractivity contribution in [3.05, 3.63) is 30.5 Å². The molecule has 0 saturated carbocycles. The van der Waals surface area contributed by atoms with Crippen molar-refractivity contribution >= 4 is 16.9 Å². The molecule has 1 fully saturated rings. The number of nitrogens with zero attached hydrogens (tertiary/aromatic N) is 3. The van der Waals surface area contributed by atoms with E-state index in [4.69, 9.17) is 5.73 Å². The van der Waals surface area contributed by atoms with E-state index in [1.807, 2.05) is 30.5 Å². The van der Waals surface area contributed by atoms with Gasteiger partial charge in [0.2, 0.25) is 5.95 Å². The highest BCUT2D eigenvalue weighted by Gasteiger charge is 2.24. The number of rotatable bonds is 2. The van der Waals surface area contributed by atoms with Gasteiger partial charge in [-0.15, -0.1) is 0 Å². The van der Waals surface area contributed by atoms with E-state index >= 15 is 0 Å². The third-order valence-electron chi connectivity index (χ3n) is 3.96. The van der Waals surface area contributed by atoms with E-state index in [9.17, 15) is 0 Å². The summed E-state index contributed by atoms with van der Waals surface area (Å²) >= 11 is 0. The highest BCUT2D eigenvalue weighted by atomic mass is 15.3. The van der Waals surface area contributed by atoms with Gasteiger partial charge in [-0.1, -0.05) is 18.2 Å². The molecular formula is C15H20N4. The van der Waals surface area contributed by atoms with Gasteiger partial charge in [-0.3, -0.25) is 0 Å². The van der Waals surface area contributed by atoms with Crippen LogP contribution in [-0.4, -0.2) is 29.1 Å². The Balaban J connectivity index is 1.87. The number of piperidine rings is 1. The molecule has 1 aromatic carbocycles. The Hall–Kier alpha value is -1.68. The third kappa shape index (κ3) is 2.54. The molecule has 19 heavy (non-hydrogen) atoms. The fourth-order valence-electron chi connectivity index (χ4n) is 2.74. The summed E-state index contributed by atoms with van der Waals surface area (Å²) in [5.74, 6) is 1.38. The van der Waals surface area contributed by atoms with E-state index in [0.29, 0.717) is 5.92 Å². The summed E-state index contributed by atoms with van der Waals surface area (Å²) in [7, 11) is 0. The molecule has 4 heteroatoms. The molecule has 2 heterocycles. The summed E-state index contributed by atoms with van der Waals surface area (Å²) in [5, 5.41) is 1.09. The summed E-state index contributed by atoms with van der Waals surface area (Å²) in [5.41, 5.74) is 7.04. The molecule has 0 spiro atoms. The van der Waals surface area contributed by atoms with Crippen molar-refractivity contribution in [2.75, 3.05) is 18.0 Å². The number of nitrogens with two attached hydrogens (primary N) is 1. The van der Waals surface area contributed by atoms with Crippen LogP contribution in [0.2, 0.25) is 0 Å². The molecule has 3 rings (SSSR count). The molecule has 1 aliphatic rings. The second kappa shape index (κ2) is 5.13. The first-order valence-corrected chi connectivity index (χ1v) is 6.96. The quantitative estimate of drug-likeness (QED) is 0.895. The number of hydrogen-bond acceptors (Lipinski definition) is 4. The third-order valence-corrected chi connectivity index (χ3v) is 3.96. The monoisotopic (exact) mass is 256 g/mol. The van der Waals surface area contributed by atoms with Crippen molar-refractivity contribution in [2.24, 2.45) is 11.7 Å². The molecule has 0 bridgehead atoms. The van der Waals surface area contributed by atoms with Crippen molar-refractivity contribution in [2.45, 2.75) is 25.8 Å². The van der Waals surface area contributed by atoms with Gasteiger partial charge in [0, 0.05) is 30.7 Å². The van der Waals surface area contributed by atoms with Gasteiger partial charge in [0.25, 0.3) is 0 Å². The zero-order valence-corrected chi connectivity index (χ0v) is 11.3. The van der Waals surface area contributed by atoms with Crippen LogP contribution in [0.3, 0.4) is 0 Å². The first kappa shape index (κ1) is 12.4. The predicted octanol–water partition coefficient (Wildman–Crippen LogP) is 2.19. The fraction of sp³-hybridized carbons (Fsp3) is 0.467. The van der Waals surface area contributed by atoms with Crippen LogP contribution in [0.4, 0.5) is 5.95 Å². The minimum Gasteiger partial charge on any atom is -0.340 e. The largest absolute Gasteiger partial charge is 0.340 e. The van der Waals surface area contributed by atoms with Gasteiger partial charge in [0.1, 0.15) is 0 Å². The van der Waals surface area contributed by atoms with Crippen LogP contribution in [0.25, 0.3) is 10.9 Å². The predicted molar refractivity (Wildman–Crippen MR) is 78.1 cm³/mol. The summed E-state index contributed by atoms with van der Waals surface area (Å²) in [6.45, 7) is 4.09. The molecule has 2 atom stereocenters. The van der Waals surface area contributed by atoms with E-state index in [-0.39, 0.29) is 6.04 Å². The van der Waals surface area contributed by atoms with Gasteiger partial charge < -0.3 is 10.6 Å². The standard InChI is InChI=1S/C15H20N4/c1-11(16)13-6-4-8-19(10-13)15-17-9-12-5-2-3-7-14(12)18-15/h2-3,5,7,9,11,13H,4,6,8,10,16H2,1H3. The lowest BCUT2D eigenvalue weighted by Gasteiger charge is -2.34. The van der Waals surface area contributed by atoms with Crippen molar-refractivity contribution in [3.63, 3.8) is 0 Å². The molecule has 1 aromatic heterocycles. The van der Waals surface area contributed by atoms with E-state index in [1.54, 1.807) is 0 Å². The zero-order valence-electron chi connectivity index (χ0n) is 11.3. The van der Waals surface area contributed by atoms with Crippen LogP contribution in [0, 0.1) is 5.92 Å². The van der Waals surface area contributed by atoms with Crippen LogP contribution in [0.1, 0.15) is 19.8 Å². The van der Waals surface area contributed by atoms with Crippen molar-refractivity contribution in [1.82, 2.24) is 9.97 Å². The second-order valence-electron chi connectivity index (χ2n) is 5.44. The molecule has 0 radical (unpaired) electrons. The summed E-state index contributed by atoms with van der Waals surface area (Å²) in [4.78, 5) is 11.4. The summed E-state index contributed by atoms with van der Waals surface area (Å²) in [6.07, 6.45) is 4.29. The highest BCUT2D eigenvalue weighted by Crippen LogP contribution is 2.23. The second-order valence-corrected chi connectivity index (χ2v) is 5.44. The van der Waals surface area contributed by atoms with Crippen LogP contribution in [0.15, 0.2) is 30.5 Å². The Morgan fingerprint density at radius 3 is 3.05 bits per heavy atom. The lowest BCUT2D eigenvalue weighted by Crippen LogP contribution is -2.43. The van der Waals surface area contributed by atoms with Gasteiger partial charge in [-0.2, -0.15) is 0 Å². The average Bonchev–Trinajstić information content (AvgIpc) is 2.47. The SMILES string of the molecule is CC(N)C1CCCN(c2ncc3ccccc3n2)C1. The van der Waals surface area contributed by atoms with Gasteiger partial charge in [0.15, 0.2) is 0 Å². The van der Waals surface area contributed by atoms with Crippen molar-refractivity contribution in [3.8, 4) is 0 Å². The van der Waals surface area contributed by atoms with Crippen molar-refractivity contribution in [1.29, 1.82) is 0 Å². The van der Waals surface area contributed by atoms with Crippen LogP contribution in [0.5, 0.6) is 0 Å².